The summed E-state index contributed by atoms with van der Waals surface area (Å²) in [6, 6.07) is 12.1. The molecule has 136 valence electrons. The zero-order chi connectivity index (χ0) is 19.1. The Hall–Kier alpha value is -2.38. The average molecular weight is 383 g/mol. The molecule has 8 heteroatoms. The highest BCUT2D eigenvalue weighted by molar-refractivity contribution is 6.31. The number of aliphatic hydroxyl groups is 1. The highest BCUT2D eigenvalue weighted by Gasteiger charge is 2.63. The summed E-state index contributed by atoms with van der Waals surface area (Å²) in [7, 11) is 0. The van der Waals surface area contributed by atoms with Gasteiger partial charge in [-0.1, -0.05) is 47.5 Å². The number of benzene rings is 2. The highest BCUT2D eigenvalue weighted by atomic mass is 35.5. The Labute approximate surface area is 152 Å². The van der Waals surface area contributed by atoms with Crippen molar-refractivity contribution >= 4 is 23.2 Å². The van der Waals surface area contributed by atoms with Crippen LogP contribution in [0.25, 0.3) is 0 Å². The zero-order valence-corrected chi connectivity index (χ0v) is 14.3. The molecule has 1 aliphatic rings. The first kappa shape index (κ1) is 18.4. The van der Waals surface area contributed by atoms with Gasteiger partial charge in [0, 0.05) is 10.6 Å². The lowest BCUT2D eigenvalue weighted by Crippen LogP contribution is -2.56. The molecule has 1 heterocycles. The number of hydrazone groups is 1. The predicted octanol–water partition coefficient (Wildman–Crippen LogP) is 4.15. The number of carbonyl (C=O) groups is 1. The molecule has 0 aliphatic carbocycles. The van der Waals surface area contributed by atoms with Gasteiger partial charge in [-0.2, -0.15) is 23.3 Å². The zero-order valence-electron chi connectivity index (χ0n) is 13.6. The number of halogens is 4. The second kappa shape index (κ2) is 6.41. The van der Waals surface area contributed by atoms with Crippen LogP contribution < -0.4 is 0 Å². The van der Waals surface area contributed by atoms with Crippen LogP contribution in [-0.2, 0) is 0 Å². The van der Waals surface area contributed by atoms with E-state index in [-0.39, 0.29) is 21.3 Å². The number of hydrogen-bond acceptors (Lipinski definition) is 3. The summed E-state index contributed by atoms with van der Waals surface area (Å²) in [4.78, 5) is 12.6. The van der Waals surface area contributed by atoms with Crippen molar-refractivity contribution in [3.63, 3.8) is 0 Å². The van der Waals surface area contributed by atoms with Crippen molar-refractivity contribution in [1.82, 2.24) is 5.01 Å². The minimum atomic E-state index is -5.09. The summed E-state index contributed by atoms with van der Waals surface area (Å²) >= 11 is 5.80. The third kappa shape index (κ3) is 3.20. The van der Waals surface area contributed by atoms with Gasteiger partial charge in [-0.25, -0.2) is 0 Å². The van der Waals surface area contributed by atoms with E-state index in [0.717, 1.165) is 5.56 Å². The minimum absolute atomic E-state index is 0.0276. The first-order valence-electron chi connectivity index (χ1n) is 7.65. The topological polar surface area (TPSA) is 52.9 Å². The number of alkyl halides is 3. The molecular weight excluding hydrogens is 369 g/mol. The van der Waals surface area contributed by atoms with Crippen LogP contribution in [0.3, 0.4) is 0 Å². The van der Waals surface area contributed by atoms with E-state index in [9.17, 15) is 23.1 Å². The van der Waals surface area contributed by atoms with Gasteiger partial charge in [-0.15, -0.1) is 0 Å². The van der Waals surface area contributed by atoms with Crippen LogP contribution in [0.5, 0.6) is 0 Å². The molecule has 0 fully saturated rings. The molecule has 2 aromatic rings. The molecule has 26 heavy (non-hydrogen) atoms. The fourth-order valence-corrected chi connectivity index (χ4v) is 2.82. The first-order valence-corrected chi connectivity index (χ1v) is 8.03. The standard InChI is InChI=1S/C18H14ClF3N2O2/c1-11-5-7-12(8-6-11)15-10-17(26,18(20,21)22)24(23-15)16(25)13-3-2-4-14(19)9-13/h2-9,26H,10H2,1H3/t17-/m0/s1. The number of rotatable bonds is 2. The van der Waals surface area contributed by atoms with E-state index in [1.807, 2.05) is 6.92 Å². The van der Waals surface area contributed by atoms with Crippen LogP contribution in [-0.4, -0.2) is 33.6 Å². The molecule has 4 nitrogen and oxygen atoms in total. The molecule has 1 N–H and O–H groups in total. The van der Waals surface area contributed by atoms with Gasteiger partial charge in [0.2, 0.25) is 0 Å². The van der Waals surface area contributed by atoms with E-state index in [0.29, 0.717) is 5.56 Å². The maximum Gasteiger partial charge on any atom is 0.438 e. The molecular formula is C18H14ClF3N2O2. The molecule has 0 radical (unpaired) electrons. The van der Waals surface area contributed by atoms with Crippen molar-refractivity contribution < 1.29 is 23.1 Å². The number of hydrogen-bond donors (Lipinski definition) is 1. The summed E-state index contributed by atoms with van der Waals surface area (Å²) in [6.07, 6.45) is -5.94. The quantitative estimate of drug-likeness (QED) is 0.848. The second-order valence-corrected chi connectivity index (χ2v) is 6.47. The van der Waals surface area contributed by atoms with Crippen molar-refractivity contribution in [3.05, 3.63) is 70.2 Å². The Kier molecular flexibility index (Phi) is 4.54. The van der Waals surface area contributed by atoms with Gasteiger partial charge in [0.25, 0.3) is 11.6 Å². The number of carbonyl (C=O) groups excluding carboxylic acids is 1. The molecule has 0 unspecified atom stereocenters. The van der Waals surface area contributed by atoms with Crippen LogP contribution in [0.1, 0.15) is 27.9 Å². The fraction of sp³-hybridized carbons (Fsp3) is 0.222. The smallest absolute Gasteiger partial charge is 0.362 e. The molecule has 1 aliphatic heterocycles. The Morgan fingerprint density at radius 3 is 2.46 bits per heavy atom. The predicted molar refractivity (Wildman–Crippen MR) is 91.0 cm³/mol. The molecule has 0 saturated carbocycles. The van der Waals surface area contributed by atoms with E-state index in [1.54, 1.807) is 24.3 Å². The van der Waals surface area contributed by atoms with Crippen LogP contribution >= 0.6 is 11.6 Å². The normalized spacial score (nSPS) is 20.2. The summed E-state index contributed by atoms with van der Waals surface area (Å²) in [6.45, 7) is 1.83. The van der Waals surface area contributed by atoms with E-state index in [1.165, 1.54) is 24.3 Å². The molecule has 2 aromatic carbocycles. The van der Waals surface area contributed by atoms with Crippen molar-refractivity contribution in [2.24, 2.45) is 5.10 Å². The van der Waals surface area contributed by atoms with Gasteiger partial charge in [-0.3, -0.25) is 4.79 Å². The van der Waals surface area contributed by atoms with Gasteiger partial charge in [0.15, 0.2) is 0 Å². The van der Waals surface area contributed by atoms with E-state index >= 15 is 0 Å². The van der Waals surface area contributed by atoms with Gasteiger partial charge in [0.1, 0.15) is 0 Å². The number of amides is 1. The van der Waals surface area contributed by atoms with Crippen molar-refractivity contribution in [3.8, 4) is 0 Å². The minimum Gasteiger partial charge on any atom is -0.362 e. The second-order valence-electron chi connectivity index (χ2n) is 6.03. The Balaban J connectivity index is 2.05. The monoisotopic (exact) mass is 382 g/mol. The van der Waals surface area contributed by atoms with Gasteiger partial charge >= 0.3 is 6.18 Å². The first-order chi connectivity index (χ1) is 12.1. The van der Waals surface area contributed by atoms with Crippen molar-refractivity contribution in [1.29, 1.82) is 0 Å². The third-order valence-corrected chi connectivity index (χ3v) is 4.32. The van der Waals surface area contributed by atoms with Crippen LogP contribution in [0, 0.1) is 6.92 Å². The summed E-state index contributed by atoms with van der Waals surface area (Å²) < 4.78 is 40.7. The molecule has 0 aromatic heterocycles. The number of aryl methyl sites for hydroxylation is 1. The average Bonchev–Trinajstić information content (AvgIpc) is 2.94. The third-order valence-electron chi connectivity index (χ3n) is 4.09. The van der Waals surface area contributed by atoms with Crippen LogP contribution in [0.15, 0.2) is 53.6 Å². The lowest BCUT2D eigenvalue weighted by molar-refractivity contribution is -0.297. The van der Waals surface area contributed by atoms with E-state index in [2.05, 4.69) is 5.10 Å². The molecule has 0 saturated heterocycles. The maximum absolute atomic E-state index is 13.6. The van der Waals surface area contributed by atoms with Crippen molar-refractivity contribution in [2.45, 2.75) is 25.2 Å². The van der Waals surface area contributed by atoms with E-state index < -0.39 is 24.2 Å². The van der Waals surface area contributed by atoms with Crippen LogP contribution in [0.2, 0.25) is 5.02 Å². The Bertz CT molecular complexity index is 881. The summed E-state index contributed by atoms with van der Waals surface area (Å²) in [5.74, 6) is -1.09. The highest BCUT2D eigenvalue weighted by Crippen LogP contribution is 2.42. The van der Waals surface area contributed by atoms with Gasteiger partial charge < -0.3 is 5.11 Å². The Morgan fingerprint density at radius 1 is 1.23 bits per heavy atom. The SMILES string of the molecule is Cc1ccc(C2=NN(C(=O)c3cccc(Cl)c3)[C@@](O)(C(F)(F)F)C2)cc1. The van der Waals surface area contributed by atoms with Crippen LogP contribution in [0.4, 0.5) is 13.2 Å². The largest absolute Gasteiger partial charge is 0.438 e. The molecule has 3 rings (SSSR count). The molecule has 1 amide bonds. The summed E-state index contributed by atoms with van der Waals surface area (Å²) in [5.41, 5.74) is -2.23. The molecule has 1 atom stereocenters. The summed E-state index contributed by atoms with van der Waals surface area (Å²) in [5, 5.41) is 14.4. The molecule has 0 spiro atoms. The lowest BCUT2D eigenvalue weighted by Gasteiger charge is -2.32. The van der Waals surface area contributed by atoms with Gasteiger partial charge in [-0.05, 0) is 30.7 Å². The Morgan fingerprint density at radius 2 is 1.88 bits per heavy atom. The van der Waals surface area contributed by atoms with Gasteiger partial charge in [0.05, 0.1) is 12.1 Å². The lowest BCUT2D eigenvalue weighted by atomic mass is 10.00. The number of nitrogens with zero attached hydrogens (tertiary/aromatic N) is 2. The maximum atomic E-state index is 13.6. The van der Waals surface area contributed by atoms with Crippen molar-refractivity contribution in [2.75, 3.05) is 0 Å². The fourth-order valence-electron chi connectivity index (χ4n) is 2.63. The van der Waals surface area contributed by atoms with E-state index in [4.69, 9.17) is 11.6 Å². The molecule has 0 bridgehead atoms.